The number of esters is 1. The molecule has 1 N–H and O–H groups in total. The van der Waals surface area contributed by atoms with Crippen molar-refractivity contribution in [3.8, 4) is 28.7 Å². The number of nitrogens with zero attached hydrogens (tertiary/aromatic N) is 1. The van der Waals surface area contributed by atoms with Crippen molar-refractivity contribution in [3.63, 3.8) is 0 Å². The standard InChI is InChI=1S/C24H21NO4/c1-17(15-26)16-28-22-10-8-21(9-11-22)24(27)29-23-12-6-20(7-13-23)19-4-2-18(14-25)3-5-19/h2-13,17,26H,15-16H2,1H3. The number of aliphatic hydroxyl groups excluding tert-OH is 1. The molecule has 0 saturated carbocycles. The van der Waals surface area contributed by atoms with Crippen LogP contribution in [0.2, 0.25) is 0 Å². The maximum atomic E-state index is 12.3. The highest BCUT2D eigenvalue weighted by Crippen LogP contribution is 2.23. The molecule has 0 saturated heterocycles. The SMILES string of the molecule is CC(CO)COc1ccc(C(=O)Oc2ccc(-c3ccc(C#N)cc3)cc2)cc1. The molecule has 5 heteroatoms. The number of hydrogen-bond donors (Lipinski definition) is 1. The zero-order valence-corrected chi connectivity index (χ0v) is 16.0. The lowest BCUT2D eigenvalue weighted by atomic mass is 10.0. The molecule has 0 aromatic heterocycles. The van der Waals surface area contributed by atoms with Crippen LogP contribution in [-0.4, -0.2) is 24.3 Å². The molecule has 1 unspecified atom stereocenters. The molecule has 0 heterocycles. The van der Waals surface area contributed by atoms with E-state index in [0.29, 0.717) is 29.2 Å². The van der Waals surface area contributed by atoms with Crippen molar-refractivity contribution in [2.45, 2.75) is 6.92 Å². The summed E-state index contributed by atoms with van der Waals surface area (Å²) in [7, 11) is 0. The lowest BCUT2D eigenvalue weighted by molar-refractivity contribution is 0.0734. The molecule has 3 rings (SSSR count). The van der Waals surface area contributed by atoms with Crippen LogP contribution in [0.15, 0.2) is 72.8 Å². The Morgan fingerprint density at radius 2 is 1.48 bits per heavy atom. The number of aliphatic hydroxyl groups is 1. The van der Waals surface area contributed by atoms with E-state index in [4.69, 9.17) is 19.8 Å². The summed E-state index contributed by atoms with van der Waals surface area (Å²) >= 11 is 0. The summed E-state index contributed by atoms with van der Waals surface area (Å²) in [6, 6.07) is 23.3. The first kappa shape index (κ1) is 20.1. The molecule has 0 bridgehead atoms. The molecule has 0 aliphatic carbocycles. The van der Waals surface area contributed by atoms with Gasteiger partial charge in [-0.05, 0) is 59.7 Å². The molecular formula is C24H21NO4. The minimum absolute atomic E-state index is 0.0481. The van der Waals surface area contributed by atoms with E-state index in [9.17, 15) is 4.79 Å². The molecule has 0 aliphatic heterocycles. The molecule has 0 amide bonds. The summed E-state index contributed by atoms with van der Waals surface area (Å²) in [6.45, 7) is 2.36. The van der Waals surface area contributed by atoms with Crippen LogP contribution in [0.4, 0.5) is 0 Å². The second-order valence-electron chi connectivity index (χ2n) is 6.73. The largest absolute Gasteiger partial charge is 0.493 e. The van der Waals surface area contributed by atoms with Gasteiger partial charge in [0.25, 0.3) is 0 Å². The Bertz CT molecular complexity index is 987. The highest BCUT2D eigenvalue weighted by molar-refractivity contribution is 5.91. The molecule has 0 radical (unpaired) electrons. The highest BCUT2D eigenvalue weighted by Gasteiger charge is 2.10. The molecule has 0 fully saturated rings. The van der Waals surface area contributed by atoms with Crippen molar-refractivity contribution in [2.75, 3.05) is 13.2 Å². The van der Waals surface area contributed by atoms with Crippen LogP contribution in [-0.2, 0) is 0 Å². The van der Waals surface area contributed by atoms with Crippen LogP contribution < -0.4 is 9.47 Å². The molecule has 146 valence electrons. The van der Waals surface area contributed by atoms with E-state index in [1.807, 2.05) is 31.2 Å². The van der Waals surface area contributed by atoms with Crippen molar-refractivity contribution >= 4 is 5.97 Å². The fraction of sp³-hybridized carbons (Fsp3) is 0.167. The van der Waals surface area contributed by atoms with Crippen molar-refractivity contribution in [3.05, 3.63) is 83.9 Å². The van der Waals surface area contributed by atoms with E-state index < -0.39 is 5.97 Å². The van der Waals surface area contributed by atoms with Gasteiger partial charge in [0.1, 0.15) is 11.5 Å². The van der Waals surface area contributed by atoms with Crippen LogP contribution in [0.5, 0.6) is 11.5 Å². The van der Waals surface area contributed by atoms with E-state index in [-0.39, 0.29) is 12.5 Å². The van der Waals surface area contributed by atoms with Gasteiger partial charge in [0.15, 0.2) is 0 Å². The molecule has 0 spiro atoms. The van der Waals surface area contributed by atoms with Gasteiger partial charge in [-0.3, -0.25) is 0 Å². The first-order chi connectivity index (χ1) is 14.1. The molecule has 0 aliphatic rings. The third kappa shape index (κ3) is 5.44. The van der Waals surface area contributed by atoms with Crippen LogP contribution >= 0.6 is 0 Å². The molecule has 3 aromatic rings. The van der Waals surface area contributed by atoms with Gasteiger partial charge in [0.05, 0.1) is 23.8 Å². The number of benzene rings is 3. The average molecular weight is 387 g/mol. The summed E-state index contributed by atoms with van der Waals surface area (Å²) in [6.07, 6.45) is 0. The number of hydrogen-bond acceptors (Lipinski definition) is 5. The first-order valence-corrected chi connectivity index (χ1v) is 9.25. The summed E-state index contributed by atoms with van der Waals surface area (Å²) in [5.41, 5.74) is 2.98. The van der Waals surface area contributed by atoms with Crippen molar-refractivity contribution in [2.24, 2.45) is 5.92 Å². The Hall–Kier alpha value is -3.62. The molecular weight excluding hydrogens is 366 g/mol. The van der Waals surface area contributed by atoms with Gasteiger partial charge in [-0.1, -0.05) is 31.2 Å². The summed E-state index contributed by atoms with van der Waals surface area (Å²) in [5, 5.41) is 17.9. The van der Waals surface area contributed by atoms with Gasteiger partial charge in [0, 0.05) is 12.5 Å². The van der Waals surface area contributed by atoms with Crippen molar-refractivity contribution < 1.29 is 19.4 Å². The Morgan fingerprint density at radius 3 is 2.03 bits per heavy atom. The summed E-state index contributed by atoms with van der Waals surface area (Å²) in [5.74, 6) is 0.677. The zero-order valence-electron chi connectivity index (χ0n) is 16.0. The van der Waals surface area contributed by atoms with Gasteiger partial charge < -0.3 is 14.6 Å². The number of carbonyl (C=O) groups is 1. The predicted octanol–water partition coefficient (Wildman–Crippen LogP) is 4.45. The lowest BCUT2D eigenvalue weighted by Crippen LogP contribution is -2.12. The number of ether oxygens (including phenoxy) is 2. The van der Waals surface area contributed by atoms with Crippen LogP contribution in [0.3, 0.4) is 0 Å². The number of rotatable bonds is 7. The van der Waals surface area contributed by atoms with E-state index in [0.717, 1.165) is 11.1 Å². The van der Waals surface area contributed by atoms with E-state index in [1.165, 1.54) is 0 Å². The van der Waals surface area contributed by atoms with Gasteiger partial charge >= 0.3 is 5.97 Å². The Morgan fingerprint density at radius 1 is 0.931 bits per heavy atom. The van der Waals surface area contributed by atoms with E-state index in [1.54, 1.807) is 48.5 Å². The Kier molecular flexibility index (Phi) is 6.62. The van der Waals surface area contributed by atoms with Crippen LogP contribution in [0.25, 0.3) is 11.1 Å². The Labute approximate surface area is 169 Å². The van der Waals surface area contributed by atoms with Gasteiger partial charge in [0.2, 0.25) is 0 Å². The second kappa shape index (κ2) is 9.54. The molecule has 1 atom stereocenters. The van der Waals surface area contributed by atoms with Crippen molar-refractivity contribution in [1.82, 2.24) is 0 Å². The number of nitriles is 1. The van der Waals surface area contributed by atoms with Gasteiger partial charge in [-0.15, -0.1) is 0 Å². The minimum atomic E-state index is -0.452. The summed E-state index contributed by atoms with van der Waals surface area (Å²) < 4.78 is 11.0. The minimum Gasteiger partial charge on any atom is -0.493 e. The van der Waals surface area contributed by atoms with Crippen LogP contribution in [0.1, 0.15) is 22.8 Å². The average Bonchev–Trinajstić information content (AvgIpc) is 2.78. The van der Waals surface area contributed by atoms with Crippen molar-refractivity contribution in [1.29, 1.82) is 5.26 Å². The topological polar surface area (TPSA) is 79.6 Å². The monoisotopic (exact) mass is 387 g/mol. The predicted molar refractivity (Wildman–Crippen MR) is 110 cm³/mol. The highest BCUT2D eigenvalue weighted by atomic mass is 16.5. The second-order valence-corrected chi connectivity index (χ2v) is 6.73. The van der Waals surface area contributed by atoms with E-state index >= 15 is 0 Å². The Balaban J connectivity index is 1.60. The number of carbonyl (C=O) groups excluding carboxylic acids is 1. The van der Waals surface area contributed by atoms with Gasteiger partial charge in [-0.25, -0.2) is 4.79 Å². The molecule has 3 aromatic carbocycles. The molecule has 29 heavy (non-hydrogen) atoms. The third-order valence-corrected chi connectivity index (χ3v) is 4.35. The maximum Gasteiger partial charge on any atom is 0.343 e. The fourth-order valence-electron chi connectivity index (χ4n) is 2.60. The molecule has 5 nitrogen and oxygen atoms in total. The smallest absolute Gasteiger partial charge is 0.343 e. The summed E-state index contributed by atoms with van der Waals surface area (Å²) in [4.78, 5) is 12.3. The zero-order chi connectivity index (χ0) is 20.6. The first-order valence-electron chi connectivity index (χ1n) is 9.25. The quantitative estimate of drug-likeness (QED) is 0.478. The third-order valence-electron chi connectivity index (χ3n) is 4.35. The normalized spacial score (nSPS) is 11.3. The van der Waals surface area contributed by atoms with E-state index in [2.05, 4.69) is 6.07 Å². The lowest BCUT2D eigenvalue weighted by Gasteiger charge is -2.11. The fourth-order valence-corrected chi connectivity index (χ4v) is 2.60. The maximum absolute atomic E-state index is 12.3. The van der Waals surface area contributed by atoms with Gasteiger partial charge in [-0.2, -0.15) is 5.26 Å². The van der Waals surface area contributed by atoms with Crippen LogP contribution in [0, 0.1) is 17.2 Å².